The van der Waals surface area contributed by atoms with Crippen LogP contribution in [-0.4, -0.2) is 36.1 Å². The van der Waals surface area contributed by atoms with E-state index in [0.717, 1.165) is 30.6 Å². The normalized spacial score (nSPS) is 13.6. The number of hydrogen-bond donors (Lipinski definition) is 0. The van der Waals surface area contributed by atoms with Gasteiger partial charge in [-0.15, -0.1) is 0 Å². The molecular formula is C23H28N2O3. The molecule has 28 heavy (non-hydrogen) atoms. The third-order valence-electron chi connectivity index (χ3n) is 4.65. The Morgan fingerprint density at radius 3 is 2.61 bits per heavy atom. The predicted molar refractivity (Wildman–Crippen MR) is 111 cm³/mol. The van der Waals surface area contributed by atoms with Gasteiger partial charge < -0.3 is 14.5 Å². The third-order valence-corrected chi connectivity index (χ3v) is 4.65. The summed E-state index contributed by atoms with van der Waals surface area (Å²) in [5.41, 5.74) is 3.19. The number of aryl methyl sites for hydroxylation is 1. The van der Waals surface area contributed by atoms with Crippen LogP contribution in [0.3, 0.4) is 0 Å². The molecule has 148 valence electrons. The minimum atomic E-state index is -0.537. The van der Waals surface area contributed by atoms with Gasteiger partial charge in [0, 0.05) is 31.4 Å². The van der Waals surface area contributed by atoms with Crippen molar-refractivity contribution in [3.63, 3.8) is 0 Å². The Labute approximate surface area is 166 Å². The monoisotopic (exact) mass is 380 g/mol. The lowest BCUT2D eigenvalue weighted by atomic mass is 10.0. The van der Waals surface area contributed by atoms with E-state index >= 15 is 0 Å². The number of hydrogen-bond acceptors (Lipinski definition) is 3. The van der Waals surface area contributed by atoms with Gasteiger partial charge in [0.2, 0.25) is 0 Å². The Morgan fingerprint density at radius 2 is 1.86 bits per heavy atom. The number of carbonyl (C=O) groups is 2. The highest BCUT2D eigenvalue weighted by molar-refractivity contribution is 6.06. The summed E-state index contributed by atoms with van der Waals surface area (Å²) >= 11 is 0. The number of nitrogens with zero attached hydrogens (tertiary/aromatic N) is 2. The Kier molecular flexibility index (Phi) is 5.73. The van der Waals surface area contributed by atoms with E-state index < -0.39 is 5.60 Å². The maximum absolute atomic E-state index is 13.1. The van der Waals surface area contributed by atoms with Crippen LogP contribution in [0.25, 0.3) is 0 Å². The zero-order valence-corrected chi connectivity index (χ0v) is 17.1. The zero-order valence-electron chi connectivity index (χ0n) is 17.1. The second kappa shape index (κ2) is 8.05. The molecule has 0 bridgehead atoms. The van der Waals surface area contributed by atoms with Crippen LogP contribution >= 0.6 is 0 Å². The van der Waals surface area contributed by atoms with Crippen molar-refractivity contribution in [2.24, 2.45) is 0 Å². The van der Waals surface area contributed by atoms with Gasteiger partial charge in [-0.25, -0.2) is 4.79 Å². The lowest BCUT2D eigenvalue weighted by Crippen LogP contribution is -2.35. The smallest absolute Gasteiger partial charge is 0.410 e. The number of amides is 2. The van der Waals surface area contributed by atoms with Crippen molar-refractivity contribution >= 4 is 17.7 Å². The van der Waals surface area contributed by atoms with Gasteiger partial charge in [-0.1, -0.05) is 30.3 Å². The van der Waals surface area contributed by atoms with Crippen molar-refractivity contribution in [2.45, 2.75) is 45.8 Å². The molecule has 2 aromatic rings. The highest BCUT2D eigenvalue weighted by atomic mass is 16.6. The maximum atomic E-state index is 13.1. The summed E-state index contributed by atoms with van der Waals surface area (Å²) in [5.74, 6) is -0.00563. The molecule has 2 aromatic carbocycles. The minimum absolute atomic E-state index is 0.00563. The molecule has 1 aliphatic heterocycles. The standard InChI is InChI=1S/C23H28N2O3/c1-23(2,3)28-22(27)24(4)16-17-9-7-11-19(15-17)21(26)25-14-8-12-18-10-5-6-13-20(18)25/h5-7,9-11,13,15H,8,12,14,16H2,1-4H3. The molecule has 5 nitrogen and oxygen atoms in total. The number of benzene rings is 2. The molecule has 0 saturated heterocycles. The summed E-state index contributed by atoms with van der Waals surface area (Å²) in [7, 11) is 1.70. The first-order valence-corrected chi connectivity index (χ1v) is 9.67. The van der Waals surface area contributed by atoms with Gasteiger partial charge in [0.15, 0.2) is 0 Å². The van der Waals surface area contributed by atoms with Gasteiger partial charge in [0.1, 0.15) is 5.60 Å². The molecule has 5 heteroatoms. The van der Waals surface area contributed by atoms with Crippen LogP contribution in [0.1, 0.15) is 48.7 Å². The van der Waals surface area contributed by atoms with Crippen molar-refractivity contribution in [1.82, 2.24) is 4.90 Å². The van der Waals surface area contributed by atoms with Crippen molar-refractivity contribution < 1.29 is 14.3 Å². The predicted octanol–water partition coefficient (Wildman–Crippen LogP) is 4.65. The van der Waals surface area contributed by atoms with Crippen molar-refractivity contribution in [2.75, 3.05) is 18.5 Å². The zero-order chi connectivity index (χ0) is 20.3. The van der Waals surface area contributed by atoms with Gasteiger partial charge in [-0.2, -0.15) is 0 Å². The van der Waals surface area contributed by atoms with E-state index in [-0.39, 0.29) is 12.0 Å². The van der Waals surface area contributed by atoms with Crippen LogP contribution in [0, 0.1) is 0 Å². The fourth-order valence-electron chi connectivity index (χ4n) is 3.38. The molecule has 0 saturated carbocycles. The molecular weight excluding hydrogens is 352 g/mol. The highest BCUT2D eigenvalue weighted by Crippen LogP contribution is 2.28. The number of ether oxygens (including phenoxy) is 1. The number of para-hydroxylation sites is 1. The summed E-state index contributed by atoms with van der Waals surface area (Å²) in [4.78, 5) is 28.7. The van der Waals surface area contributed by atoms with Crippen LogP contribution in [0.5, 0.6) is 0 Å². The first-order valence-electron chi connectivity index (χ1n) is 9.67. The molecule has 0 N–H and O–H groups in total. The van der Waals surface area contributed by atoms with Crippen LogP contribution in [0.2, 0.25) is 0 Å². The van der Waals surface area contributed by atoms with E-state index in [1.807, 2.05) is 68.1 Å². The van der Waals surface area contributed by atoms with Gasteiger partial charge in [-0.05, 0) is 62.9 Å². The Hall–Kier alpha value is -2.82. The summed E-state index contributed by atoms with van der Waals surface area (Å²) in [5, 5.41) is 0. The minimum Gasteiger partial charge on any atom is -0.444 e. The van der Waals surface area contributed by atoms with E-state index in [2.05, 4.69) is 6.07 Å². The van der Waals surface area contributed by atoms with Crippen LogP contribution in [0.15, 0.2) is 48.5 Å². The first kappa shape index (κ1) is 19.9. The number of fused-ring (bicyclic) bond motifs is 1. The van der Waals surface area contributed by atoms with Gasteiger partial charge in [0.05, 0.1) is 0 Å². The van der Waals surface area contributed by atoms with Crippen molar-refractivity contribution in [1.29, 1.82) is 0 Å². The second-order valence-corrected chi connectivity index (χ2v) is 8.23. The molecule has 0 atom stereocenters. The number of rotatable bonds is 3. The molecule has 0 unspecified atom stereocenters. The first-order chi connectivity index (χ1) is 13.2. The quantitative estimate of drug-likeness (QED) is 0.779. The lowest BCUT2D eigenvalue weighted by Gasteiger charge is -2.29. The van der Waals surface area contributed by atoms with Gasteiger partial charge in [0.25, 0.3) is 5.91 Å². The van der Waals surface area contributed by atoms with Gasteiger partial charge in [-0.3, -0.25) is 4.79 Å². The summed E-state index contributed by atoms with van der Waals surface area (Å²) in [6.45, 7) is 6.63. The molecule has 0 fully saturated rings. The maximum Gasteiger partial charge on any atom is 0.410 e. The molecule has 0 spiro atoms. The van der Waals surface area contributed by atoms with Crippen LogP contribution < -0.4 is 4.90 Å². The van der Waals surface area contributed by atoms with Crippen LogP contribution in [0.4, 0.5) is 10.5 Å². The third kappa shape index (κ3) is 4.71. The van der Waals surface area contributed by atoms with Gasteiger partial charge >= 0.3 is 6.09 Å². The van der Waals surface area contributed by atoms with E-state index in [0.29, 0.717) is 12.1 Å². The van der Waals surface area contributed by atoms with E-state index in [1.54, 1.807) is 7.05 Å². The van der Waals surface area contributed by atoms with Crippen LogP contribution in [-0.2, 0) is 17.7 Å². The van der Waals surface area contributed by atoms with E-state index in [9.17, 15) is 9.59 Å². The number of anilines is 1. The Balaban J connectivity index is 1.75. The average molecular weight is 380 g/mol. The highest BCUT2D eigenvalue weighted by Gasteiger charge is 2.24. The molecule has 0 aromatic heterocycles. The molecule has 0 aliphatic carbocycles. The molecule has 1 aliphatic rings. The Morgan fingerprint density at radius 1 is 1.11 bits per heavy atom. The topological polar surface area (TPSA) is 49.9 Å². The molecule has 2 amide bonds. The fourth-order valence-corrected chi connectivity index (χ4v) is 3.38. The largest absolute Gasteiger partial charge is 0.444 e. The molecule has 0 radical (unpaired) electrons. The lowest BCUT2D eigenvalue weighted by molar-refractivity contribution is 0.0285. The number of carbonyl (C=O) groups excluding carboxylic acids is 2. The Bertz CT molecular complexity index is 870. The van der Waals surface area contributed by atoms with E-state index in [4.69, 9.17) is 4.74 Å². The summed E-state index contributed by atoms with van der Waals surface area (Å²) in [6.07, 6.45) is 1.58. The average Bonchev–Trinajstić information content (AvgIpc) is 2.66. The van der Waals surface area contributed by atoms with Crippen molar-refractivity contribution in [3.8, 4) is 0 Å². The van der Waals surface area contributed by atoms with Crippen molar-refractivity contribution in [3.05, 3.63) is 65.2 Å². The molecule has 1 heterocycles. The van der Waals surface area contributed by atoms with E-state index in [1.165, 1.54) is 10.5 Å². The summed E-state index contributed by atoms with van der Waals surface area (Å²) in [6, 6.07) is 15.5. The fraction of sp³-hybridized carbons (Fsp3) is 0.391. The summed E-state index contributed by atoms with van der Waals surface area (Å²) < 4.78 is 5.40. The SMILES string of the molecule is CN(Cc1cccc(C(=O)N2CCCc3ccccc32)c1)C(=O)OC(C)(C)C. The second-order valence-electron chi connectivity index (χ2n) is 8.23. The molecule has 3 rings (SSSR count).